The van der Waals surface area contributed by atoms with Gasteiger partial charge in [0.25, 0.3) is 0 Å². The number of anilines is 1. The van der Waals surface area contributed by atoms with Crippen molar-refractivity contribution in [1.82, 2.24) is 4.90 Å². The van der Waals surface area contributed by atoms with Gasteiger partial charge in [-0.15, -0.1) is 0 Å². The van der Waals surface area contributed by atoms with E-state index in [2.05, 4.69) is 55.9 Å². The third-order valence-electron chi connectivity index (χ3n) is 4.20. The summed E-state index contributed by atoms with van der Waals surface area (Å²) in [5, 5.41) is 0. The molecule has 1 aromatic rings. The molecule has 0 bridgehead atoms. The molecule has 0 atom stereocenters. The van der Waals surface area contributed by atoms with Crippen LogP contribution in [0.3, 0.4) is 0 Å². The number of hydrogen-bond acceptors (Lipinski definition) is 2. The lowest BCUT2D eigenvalue weighted by molar-refractivity contribution is 0.249. The Morgan fingerprint density at radius 1 is 1.22 bits per heavy atom. The highest BCUT2D eigenvalue weighted by Gasteiger charge is 2.21. The number of piperidine rings is 1. The molecule has 1 aliphatic heterocycles. The molecule has 0 spiro atoms. The van der Waals surface area contributed by atoms with Crippen LogP contribution in [0.5, 0.6) is 0 Å². The van der Waals surface area contributed by atoms with Crippen LogP contribution >= 0.6 is 0 Å². The minimum absolute atomic E-state index is 0.761. The molecule has 2 rings (SSSR count). The Kier molecular flexibility index (Phi) is 4.28. The number of nitrogens with zero attached hydrogens (tertiary/aromatic N) is 2. The Balaban J connectivity index is 2.05. The number of rotatable bonds is 3. The Hall–Kier alpha value is -1.02. The molecule has 1 saturated heterocycles. The highest BCUT2D eigenvalue weighted by molar-refractivity contribution is 5.54. The Labute approximate surface area is 112 Å². The summed E-state index contributed by atoms with van der Waals surface area (Å²) in [7, 11) is 4.39. The van der Waals surface area contributed by atoms with Crippen LogP contribution in [0.1, 0.15) is 30.9 Å². The second-order valence-corrected chi connectivity index (χ2v) is 5.66. The van der Waals surface area contributed by atoms with Crippen molar-refractivity contribution in [2.75, 3.05) is 32.1 Å². The second kappa shape index (κ2) is 5.75. The van der Waals surface area contributed by atoms with Crippen molar-refractivity contribution in [3.8, 4) is 0 Å². The van der Waals surface area contributed by atoms with Crippen molar-refractivity contribution in [3.63, 3.8) is 0 Å². The standard InChI is InChI=1S/C16H26N2/c1-5-14-6-7-16(13(2)12-14)18-10-8-15(9-11-18)17(3)4/h6-7,12,15H,5,8-11H2,1-4H3. The first kappa shape index (κ1) is 13.4. The van der Waals surface area contributed by atoms with Crippen LogP contribution < -0.4 is 4.90 Å². The smallest absolute Gasteiger partial charge is 0.0396 e. The van der Waals surface area contributed by atoms with E-state index in [0.29, 0.717) is 0 Å². The Bertz CT molecular complexity index is 390. The SMILES string of the molecule is CCc1ccc(N2CCC(N(C)C)CC2)c(C)c1. The highest BCUT2D eigenvalue weighted by Crippen LogP contribution is 2.25. The molecule has 1 aromatic carbocycles. The number of hydrogen-bond donors (Lipinski definition) is 0. The quantitative estimate of drug-likeness (QED) is 0.808. The van der Waals surface area contributed by atoms with Crippen molar-refractivity contribution in [2.24, 2.45) is 0 Å². The van der Waals surface area contributed by atoms with Gasteiger partial charge in [0.2, 0.25) is 0 Å². The Morgan fingerprint density at radius 3 is 2.39 bits per heavy atom. The van der Waals surface area contributed by atoms with Crippen LogP contribution in [0.4, 0.5) is 5.69 Å². The summed E-state index contributed by atoms with van der Waals surface area (Å²) in [4.78, 5) is 4.92. The van der Waals surface area contributed by atoms with Gasteiger partial charge >= 0.3 is 0 Å². The van der Waals surface area contributed by atoms with E-state index in [4.69, 9.17) is 0 Å². The zero-order valence-electron chi connectivity index (χ0n) is 12.2. The van der Waals surface area contributed by atoms with E-state index < -0.39 is 0 Å². The van der Waals surface area contributed by atoms with Crippen molar-refractivity contribution < 1.29 is 0 Å². The average Bonchev–Trinajstić information content (AvgIpc) is 2.38. The molecule has 100 valence electrons. The molecule has 0 aromatic heterocycles. The van der Waals surface area contributed by atoms with Gasteiger partial charge in [0.15, 0.2) is 0 Å². The van der Waals surface area contributed by atoms with E-state index in [9.17, 15) is 0 Å². The molecule has 1 fully saturated rings. The zero-order valence-corrected chi connectivity index (χ0v) is 12.2. The van der Waals surface area contributed by atoms with Crippen molar-refractivity contribution in [2.45, 2.75) is 39.2 Å². The number of aryl methyl sites for hydroxylation is 2. The molecule has 2 heteroatoms. The summed E-state index contributed by atoms with van der Waals surface area (Å²) in [5.41, 5.74) is 4.31. The predicted octanol–water partition coefficient (Wildman–Crippen LogP) is 3.09. The van der Waals surface area contributed by atoms with Crippen LogP contribution in [-0.2, 0) is 6.42 Å². The van der Waals surface area contributed by atoms with E-state index in [1.807, 2.05) is 0 Å². The Morgan fingerprint density at radius 2 is 1.89 bits per heavy atom. The molecule has 0 unspecified atom stereocenters. The molecular formula is C16H26N2. The minimum atomic E-state index is 0.761. The summed E-state index contributed by atoms with van der Waals surface area (Å²) in [6, 6.07) is 7.69. The topological polar surface area (TPSA) is 6.48 Å². The highest BCUT2D eigenvalue weighted by atomic mass is 15.2. The molecule has 0 amide bonds. The van der Waals surface area contributed by atoms with Crippen LogP contribution in [0, 0.1) is 6.92 Å². The van der Waals surface area contributed by atoms with E-state index >= 15 is 0 Å². The molecule has 0 N–H and O–H groups in total. The largest absolute Gasteiger partial charge is 0.371 e. The summed E-state index contributed by atoms with van der Waals surface area (Å²) < 4.78 is 0. The van der Waals surface area contributed by atoms with Gasteiger partial charge in [-0.2, -0.15) is 0 Å². The molecule has 1 heterocycles. The van der Waals surface area contributed by atoms with Crippen LogP contribution in [0.25, 0.3) is 0 Å². The first-order valence-corrected chi connectivity index (χ1v) is 7.12. The fourth-order valence-electron chi connectivity index (χ4n) is 2.92. The number of benzene rings is 1. The summed E-state index contributed by atoms with van der Waals surface area (Å²) in [6.45, 7) is 6.84. The lowest BCUT2D eigenvalue weighted by Gasteiger charge is -2.37. The van der Waals surface area contributed by atoms with Crippen molar-refractivity contribution in [3.05, 3.63) is 29.3 Å². The summed E-state index contributed by atoms with van der Waals surface area (Å²) in [6.07, 6.45) is 3.69. The second-order valence-electron chi connectivity index (χ2n) is 5.66. The van der Waals surface area contributed by atoms with Gasteiger partial charge in [-0.05, 0) is 57.5 Å². The third kappa shape index (κ3) is 2.86. The molecule has 1 aliphatic rings. The van der Waals surface area contributed by atoms with Gasteiger partial charge in [-0.25, -0.2) is 0 Å². The predicted molar refractivity (Wildman–Crippen MR) is 79.5 cm³/mol. The molecular weight excluding hydrogens is 220 g/mol. The van der Waals surface area contributed by atoms with E-state index in [0.717, 1.165) is 12.5 Å². The maximum absolute atomic E-state index is 2.55. The molecule has 2 nitrogen and oxygen atoms in total. The lowest BCUT2D eigenvalue weighted by atomic mass is 10.0. The van der Waals surface area contributed by atoms with Gasteiger partial charge < -0.3 is 9.80 Å². The van der Waals surface area contributed by atoms with E-state index in [1.165, 1.54) is 42.7 Å². The lowest BCUT2D eigenvalue weighted by Crippen LogP contribution is -2.42. The van der Waals surface area contributed by atoms with Crippen molar-refractivity contribution in [1.29, 1.82) is 0 Å². The first-order valence-electron chi connectivity index (χ1n) is 7.12. The summed E-state index contributed by atoms with van der Waals surface area (Å²) in [5.74, 6) is 0. The minimum Gasteiger partial charge on any atom is -0.371 e. The van der Waals surface area contributed by atoms with Crippen molar-refractivity contribution >= 4 is 5.69 Å². The van der Waals surface area contributed by atoms with E-state index in [-0.39, 0.29) is 0 Å². The van der Waals surface area contributed by atoms with Gasteiger partial charge in [0.05, 0.1) is 0 Å². The van der Waals surface area contributed by atoms with Crippen LogP contribution in [0.15, 0.2) is 18.2 Å². The van der Waals surface area contributed by atoms with Crippen LogP contribution in [-0.4, -0.2) is 38.1 Å². The molecule has 0 saturated carbocycles. The summed E-state index contributed by atoms with van der Waals surface area (Å²) >= 11 is 0. The molecule has 0 radical (unpaired) electrons. The van der Waals surface area contributed by atoms with Gasteiger partial charge in [-0.3, -0.25) is 0 Å². The van der Waals surface area contributed by atoms with Gasteiger partial charge in [-0.1, -0.05) is 19.1 Å². The zero-order chi connectivity index (χ0) is 13.1. The molecule has 18 heavy (non-hydrogen) atoms. The average molecular weight is 246 g/mol. The first-order chi connectivity index (χ1) is 8.61. The fourth-order valence-corrected chi connectivity index (χ4v) is 2.92. The third-order valence-corrected chi connectivity index (χ3v) is 4.20. The van der Waals surface area contributed by atoms with Gasteiger partial charge in [0, 0.05) is 24.8 Å². The van der Waals surface area contributed by atoms with Crippen LogP contribution in [0.2, 0.25) is 0 Å². The monoisotopic (exact) mass is 246 g/mol. The van der Waals surface area contributed by atoms with E-state index in [1.54, 1.807) is 0 Å². The normalized spacial score (nSPS) is 17.5. The maximum atomic E-state index is 2.55. The van der Waals surface area contributed by atoms with Gasteiger partial charge in [0.1, 0.15) is 0 Å². The maximum Gasteiger partial charge on any atom is 0.0396 e. The fraction of sp³-hybridized carbons (Fsp3) is 0.625. The molecule has 0 aliphatic carbocycles.